The summed E-state index contributed by atoms with van der Waals surface area (Å²) in [5, 5.41) is 18.3. The van der Waals surface area contributed by atoms with Gasteiger partial charge < -0.3 is 29.8 Å². The number of fused-ring (bicyclic) bond motifs is 1. The first-order valence-electron chi connectivity index (χ1n) is 11.8. The van der Waals surface area contributed by atoms with Gasteiger partial charge in [-0.3, -0.25) is 4.79 Å². The molecule has 2 aromatic carbocycles. The van der Waals surface area contributed by atoms with E-state index >= 15 is 0 Å². The molecule has 2 aromatic heterocycles. The number of nitrogens with zero attached hydrogens (tertiary/aromatic N) is 1. The number of rotatable bonds is 8. The van der Waals surface area contributed by atoms with Crippen molar-refractivity contribution in [3.8, 4) is 11.5 Å². The molecular formula is C27H29N3O4S. The second-order valence-corrected chi connectivity index (χ2v) is 9.59. The molecule has 0 radical (unpaired) electrons. The van der Waals surface area contributed by atoms with Gasteiger partial charge in [0.05, 0.1) is 16.8 Å². The summed E-state index contributed by atoms with van der Waals surface area (Å²) in [6.07, 6.45) is 2.25. The van der Waals surface area contributed by atoms with Crippen LogP contribution in [0.15, 0.2) is 60.0 Å². The third-order valence-electron chi connectivity index (χ3n) is 6.38. The van der Waals surface area contributed by atoms with Gasteiger partial charge in [-0.2, -0.15) is 0 Å². The fraction of sp³-hybridized carbons (Fsp3) is 0.296. The molecule has 3 N–H and O–H groups in total. The van der Waals surface area contributed by atoms with E-state index < -0.39 is 0 Å². The number of hydrogen-bond acceptors (Lipinski definition) is 6. The molecule has 8 heteroatoms. The highest BCUT2D eigenvalue weighted by Gasteiger charge is 2.18. The Morgan fingerprint density at radius 2 is 1.91 bits per heavy atom. The molecule has 35 heavy (non-hydrogen) atoms. The SMILES string of the molecule is Cn1c(C(=O)Nc2cccc(CO)c2COc2ccc(OC3CCNCC3)cc2)cc2sccc21. The molecule has 1 aliphatic heterocycles. The molecule has 1 saturated heterocycles. The van der Waals surface area contributed by atoms with Crippen molar-refractivity contribution < 1.29 is 19.4 Å². The van der Waals surface area contributed by atoms with Crippen molar-refractivity contribution in [2.75, 3.05) is 18.4 Å². The van der Waals surface area contributed by atoms with Crippen molar-refractivity contribution in [3.63, 3.8) is 0 Å². The number of carbonyl (C=O) groups is 1. The van der Waals surface area contributed by atoms with Crippen LogP contribution in [0, 0.1) is 0 Å². The second kappa shape index (κ2) is 10.5. The topological polar surface area (TPSA) is 84.8 Å². The molecule has 4 aromatic rings. The van der Waals surface area contributed by atoms with Crippen LogP contribution in [0.4, 0.5) is 5.69 Å². The van der Waals surface area contributed by atoms with Crippen LogP contribution in [0.2, 0.25) is 0 Å². The Morgan fingerprint density at radius 1 is 1.14 bits per heavy atom. The Bertz CT molecular complexity index is 1310. The molecule has 0 bridgehead atoms. The van der Waals surface area contributed by atoms with Gasteiger partial charge in [0.1, 0.15) is 29.9 Å². The van der Waals surface area contributed by atoms with Crippen LogP contribution in [-0.2, 0) is 20.3 Å². The number of benzene rings is 2. The maximum Gasteiger partial charge on any atom is 0.272 e. The van der Waals surface area contributed by atoms with Crippen LogP contribution in [-0.4, -0.2) is 34.8 Å². The van der Waals surface area contributed by atoms with E-state index in [1.54, 1.807) is 11.3 Å². The second-order valence-electron chi connectivity index (χ2n) is 8.64. The smallest absolute Gasteiger partial charge is 0.272 e. The molecule has 0 unspecified atom stereocenters. The predicted octanol–water partition coefficient (Wildman–Crippen LogP) is 4.69. The van der Waals surface area contributed by atoms with Crippen molar-refractivity contribution in [2.24, 2.45) is 7.05 Å². The Labute approximate surface area is 208 Å². The molecule has 1 amide bonds. The first-order chi connectivity index (χ1) is 17.1. The lowest BCUT2D eigenvalue weighted by Gasteiger charge is -2.23. The highest BCUT2D eigenvalue weighted by atomic mass is 32.1. The lowest BCUT2D eigenvalue weighted by atomic mass is 10.1. The van der Waals surface area contributed by atoms with Crippen molar-refractivity contribution in [1.82, 2.24) is 9.88 Å². The van der Waals surface area contributed by atoms with Gasteiger partial charge in [0, 0.05) is 18.3 Å². The van der Waals surface area contributed by atoms with Gasteiger partial charge in [-0.05, 0) is 79.3 Å². The number of aliphatic hydroxyl groups is 1. The number of aryl methyl sites for hydroxylation is 1. The highest BCUT2D eigenvalue weighted by Crippen LogP contribution is 2.28. The number of ether oxygens (including phenoxy) is 2. The maximum atomic E-state index is 13.1. The number of aliphatic hydroxyl groups excluding tert-OH is 1. The molecule has 5 rings (SSSR count). The van der Waals surface area contributed by atoms with Crippen LogP contribution >= 0.6 is 11.3 Å². The van der Waals surface area contributed by atoms with Crippen molar-refractivity contribution >= 4 is 33.1 Å². The van der Waals surface area contributed by atoms with Crippen molar-refractivity contribution in [1.29, 1.82) is 0 Å². The minimum atomic E-state index is -0.202. The summed E-state index contributed by atoms with van der Waals surface area (Å²) in [6, 6.07) is 17.0. The molecule has 182 valence electrons. The summed E-state index contributed by atoms with van der Waals surface area (Å²) in [6.45, 7) is 2.03. The van der Waals surface area contributed by atoms with Gasteiger partial charge in [0.2, 0.25) is 0 Å². The molecule has 1 aliphatic rings. The highest BCUT2D eigenvalue weighted by molar-refractivity contribution is 7.17. The minimum Gasteiger partial charge on any atom is -0.490 e. The maximum absolute atomic E-state index is 13.1. The van der Waals surface area contributed by atoms with E-state index in [0.717, 1.165) is 47.5 Å². The number of piperidine rings is 1. The fourth-order valence-electron chi connectivity index (χ4n) is 4.40. The number of carbonyl (C=O) groups excluding carboxylic acids is 1. The first-order valence-corrected chi connectivity index (χ1v) is 12.7. The average Bonchev–Trinajstić information content (AvgIpc) is 3.47. The van der Waals surface area contributed by atoms with Crippen LogP contribution in [0.5, 0.6) is 11.5 Å². The minimum absolute atomic E-state index is 0.148. The summed E-state index contributed by atoms with van der Waals surface area (Å²) in [5.74, 6) is 1.32. The van der Waals surface area contributed by atoms with Gasteiger partial charge in [0.25, 0.3) is 5.91 Å². The quantitative estimate of drug-likeness (QED) is 0.333. The third-order valence-corrected chi connectivity index (χ3v) is 7.24. The number of anilines is 1. The van der Waals surface area contributed by atoms with E-state index in [1.165, 1.54) is 0 Å². The van der Waals surface area contributed by atoms with E-state index in [9.17, 15) is 9.90 Å². The van der Waals surface area contributed by atoms with Gasteiger partial charge in [-0.1, -0.05) is 12.1 Å². The molecule has 3 heterocycles. The molecule has 0 aliphatic carbocycles. The zero-order chi connectivity index (χ0) is 24.2. The molecule has 0 saturated carbocycles. The van der Waals surface area contributed by atoms with Crippen LogP contribution < -0.4 is 20.1 Å². The molecular weight excluding hydrogens is 462 g/mol. The molecule has 0 spiro atoms. The zero-order valence-electron chi connectivity index (χ0n) is 19.6. The summed E-state index contributed by atoms with van der Waals surface area (Å²) >= 11 is 1.61. The summed E-state index contributed by atoms with van der Waals surface area (Å²) in [5.41, 5.74) is 3.69. The number of amides is 1. The zero-order valence-corrected chi connectivity index (χ0v) is 20.4. The Hall–Kier alpha value is -3.33. The number of aromatic nitrogens is 1. The number of thiophene rings is 1. The van der Waals surface area contributed by atoms with E-state index in [0.29, 0.717) is 22.7 Å². The van der Waals surface area contributed by atoms with Crippen LogP contribution in [0.3, 0.4) is 0 Å². The largest absolute Gasteiger partial charge is 0.490 e. The van der Waals surface area contributed by atoms with Crippen molar-refractivity contribution in [2.45, 2.75) is 32.2 Å². The van der Waals surface area contributed by atoms with E-state index in [-0.39, 0.29) is 25.2 Å². The van der Waals surface area contributed by atoms with Crippen molar-refractivity contribution in [3.05, 3.63) is 76.8 Å². The summed E-state index contributed by atoms with van der Waals surface area (Å²) in [7, 11) is 1.89. The molecule has 7 nitrogen and oxygen atoms in total. The number of hydrogen-bond donors (Lipinski definition) is 3. The molecule has 1 fully saturated rings. The van der Waals surface area contributed by atoms with Crippen LogP contribution in [0.25, 0.3) is 10.2 Å². The van der Waals surface area contributed by atoms with E-state index in [1.807, 2.05) is 71.6 Å². The van der Waals surface area contributed by atoms with Crippen LogP contribution in [0.1, 0.15) is 34.5 Å². The summed E-state index contributed by atoms with van der Waals surface area (Å²) in [4.78, 5) is 13.1. The summed E-state index contributed by atoms with van der Waals surface area (Å²) < 4.78 is 15.1. The third kappa shape index (κ3) is 5.19. The van der Waals surface area contributed by atoms with E-state index in [4.69, 9.17) is 9.47 Å². The average molecular weight is 492 g/mol. The molecule has 0 atom stereocenters. The van der Waals surface area contributed by atoms with E-state index in [2.05, 4.69) is 10.6 Å². The normalized spacial score (nSPS) is 14.2. The lowest BCUT2D eigenvalue weighted by Crippen LogP contribution is -2.34. The predicted molar refractivity (Wildman–Crippen MR) is 138 cm³/mol. The standard InChI is InChI=1S/C27H29N3O4S/c1-30-24-11-14-35-26(24)15-25(30)27(32)29-23-4-2-3-18(16-31)22(23)17-33-19-5-7-20(8-6-19)34-21-9-12-28-13-10-21/h2-8,11,14-15,21,28,31H,9-10,12-13,16-17H2,1H3,(H,29,32). The van der Waals surface area contributed by atoms with Gasteiger partial charge in [-0.15, -0.1) is 11.3 Å². The Kier molecular flexibility index (Phi) is 7.03. The lowest BCUT2D eigenvalue weighted by molar-refractivity contribution is 0.101. The number of nitrogens with one attached hydrogen (secondary N) is 2. The Balaban J connectivity index is 1.28. The van der Waals surface area contributed by atoms with Gasteiger partial charge >= 0.3 is 0 Å². The fourth-order valence-corrected chi connectivity index (χ4v) is 5.25. The Morgan fingerprint density at radius 3 is 2.66 bits per heavy atom. The first kappa shape index (κ1) is 23.4. The monoisotopic (exact) mass is 491 g/mol. The van der Waals surface area contributed by atoms with Gasteiger partial charge in [-0.25, -0.2) is 0 Å². The van der Waals surface area contributed by atoms with Gasteiger partial charge in [0.15, 0.2) is 0 Å².